The minimum absolute atomic E-state index is 0.262. The lowest BCUT2D eigenvalue weighted by molar-refractivity contribution is 0.286. The number of unbranched alkanes of at least 4 members (excludes halogenated alkanes) is 1. The van der Waals surface area contributed by atoms with Crippen molar-refractivity contribution < 1.29 is 5.11 Å². The first-order valence-electron chi connectivity index (χ1n) is 4.28. The van der Waals surface area contributed by atoms with Crippen molar-refractivity contribution in [2.75, 3.05) is 18.5 Å². The predicted molar refractivity (Wildman–Crippen MR) is 56.7 cm³/mol. The molecule has 2 N–H and O–H groups in total. The molecule has 0 spiro atoms. The number of nitrogens with one attached hydrogen (secondary N) is 1. The summed E-state index contributed by atoms with van der Waals surface area (Å²) in [4.78, 5) is 4.02. The number of rotatable bonds is 5. The average molecular weight is 245 g/mol. The first kappa shape index (κ1) is 10.5. The molecule has 0 atom stereocenters. The van der Waals surface area contributed by atoms with Gasteiger partial charge in [0.2, 0.25) is 0 Å². The summed E-state index contributed by atoms with van der Waals surface area (Å²) in [6, 6.07) is 1.98. The third-order valence-electron chi connectivity index (χ3n) is 1.62. The molecule has 0 saturated heterocycles. The van der Waals surface area contributed by atoms with Crippen LogP contribution in [0.5, 0.6) is 0 Å². The van der Waals surface area contributed by atoms with Gasteiger partial charge in [-0.25, -0.2) is 0 Å². The van der Waals surface area contributed by atoms with Crippen LogP contribution in [-0.4, -0.2) is 23.2 Å². The molecule has 0 aliphatic heterocycles. The minimum atomic E-state index is 0.262. The van der Waals surface area contributed by atoms with Gasteiger partial charge in [-0.15, -0.1) is 0 Å². The van der Waals surface area contributed by atoms with Crippen molar-refractivity contribution >= 4 is 21.6 Å². The molecule has 1 heterocycles. The van der Waals surface area contributed by atoms with E-state index >= 15 is 0 Å². The summed E-state index contributed by atoms with van der Waals surface area (Å²) in [7, 11) is 0. The predicted octanol–water partition coefficient (Wildman–Crippen LogP) is 2.03. The molecule has 0 amide bonds. The molecular formula is C9H13BrN2O. The maximum atomic E-state index is 8.56. The highest BCUT2D eigenvalue weighted by atomic mass is 79.9. The van der Waals surface area contributed by atoms with E-state index in [9.17, 15) is 0 Å². The summed E-state index contributed by atoms with van der Waals surface area (Å²) < 4.78 is 0.972. The molecule has 0 aliphatic rings. The Balaban J connectivity index is 2.28. The van der Waals surface area contributed by atoms with Crippen LogP contribution < -0.4 is 5.32 Å². The van der Waals surface area contributed by atoms with Gasteiger partial charge in [-0.1, -0.05) is 0 Å². The van der Waals surface area contributed by atoms with Gasteiger partial charge in [0, 0.05) is 23.8 Å². The Morgan fingerprint density at radius 3 is 2.92 bits per heavy atom. The maximum absolute atomic E-state index is 8.56. The second-order valence-corrected chi connectivity index (χ2v) is 3.66. The number of nitrogens with zero attached hydrogens (tertiary/aromatic N) is 1. The van der Waals surface area contributed by atoms with Crippen molar-refractivity contribution in [3.63, 3.8) is 0 Å². The molecule has 72 valence electrons. The highest BCUT2D eigenvalue weighted by molar-refractivity contribution is 9.10. The number of pyridine rings is 1. The molecule has 0 bridgehead atoms. The fraction of sp³-hybridized carbons (Fsp3) is 0.444. The van der Waals surface area contributed by atoms with Gasteiger partial charge < -0.3 is 10.4 Å². The van der Waals surface area contributed by atoms with Crippen molar-refractivity contribution in [3.8, 4) is 0 Å². The number of aliphatic hydroxyl groups is 1. The van der Waals surface area contributed by atoms with Crippen LogP contribution in [0.4, 0.5) is 5.69 Å². The Hall–Kier alpha value is -0.610. The third kappa shape index (κ3) is 4.24. The van der Waals surface area contributed by atoms with Gasteiger partial charge in [-0.3, -0.25) is 4.98 Å². The van der Waals surface area contributed by atoms with Gasteiger partial charge in [-0.05, 0) is 34.8 Å². The van der Waals surface area contributed by atoms with E-state index in [0.717, 1.165) is 29.5 Å². The van der Waals surface area contributed by atoms with E-state index < -0.39 is 0 Å². The zero-order valence-corrected chi connectivity index (χ0v) is 8.92. The highest BCUT2D eigenvalue weighted by Gasteiger charge is 1.92. The SMILES string of the molecule is OCCCCNc1cncc(Br)c1. The van der Waals surface area contributed by atoms with Crippen LogP contribution in [0.15, 0.2) is 22.9 Å². The van der Waals surface area contributed by atoms with E-state index in [2.05, 4.69) is 26.2 Å². The number of halogens is 1. The van der Waals surface area contributed by atoms with Crippen LogP contribution in [0.25, 0.3) is 0 Å². The van der Waals surface area contributed by atoms with E-state index in [4.69, 9.17) is 5.11 Å². The molecule has 13 heavy (non-hydrogen) atoms. The lowest BCUT2D eigenvalue weighted by atomic mass is 10.3. The van der Waals surface area contributed by atoms with Crippen molar-refractivity contribution in [1.29, 1.82) is 0 Å². The number of hydrogen-bond donors (Lipinski definition) is 2. The molecule has 1 aromatic heterocycles. The first-order valence-corrected chi connectivity index (χ1v) is 5.07. The molecule has 1 aromatic rings. The van der Waals surface area contributed by atoms with Crippen molar-refractivity contribution in [1.82, 2.24) is 4.98 Å². The standard InChI is InChI=1S/C9H13BrN2O/c10-8-5-9(7-11-6-8)12-3-1-2-4-13/h5-7,12-13H,1-4H2. The van der Waals surface area contributed by atoms with E-state index in [0.29, 0.717) is 0 Å². The summed E-state index contributed by atoms with van der Waals surface area (Å²) in [5, 5.41) is 11.8. The normalized spacial score (nSPS) is 10.0. The van der Waals surface area contributed by atoms with Crippen LogP contribution in [-0.2, 0) is 0 Å². The van der Waals surface area contributed by atoms with Gasteiger partial charge in [0.15, 0.2) is 0 Å². The lowest BCUT2D eigenvalue weighted by Crippen LogP contribution is -2.02. The molecule has 0 aromatic carbocycles. The molecular weight excluding hydrogens is 232 g/mol. The van der Waals surface area contributed by atoms with Crippen molar-refractivity contribution in [2.45, 2.75) is 12.8 Å². The summed E-state index contributed by atoms with van der Waals surface area (Å²) >= 11 is 3.34. The molecule has 0 radical (unpaired) electrons. The monoisotopic (exact) mass is 244 g/mol. The van der Waals surface area contributed by atoms with E-state index in [1.165, 1.54) is 0 Å². The number of hydrogen-bond acceptors (Lipinski definition) is 3. The number of anilines is 1. The summed E-state index contributed by atoms with van der Waals surface area (Å²) in [5.41, 5.74) is 1.01. The van der Waals surface area contributed by atoms with E-state index in [1.54, 1.807) is 12.4 Å². The van der Waals surface area contributed by atoms with Gasteiger partial charge in [0.1, 0.15) is 0 Å². The van der Waals surface area contributed by atoms with E-state index in [1.807, 2.05) is 6.07 Å². The fourth-order valence-corrected chi connectivity index (χ4v) is 1.34. The van der Waals surface area contributed by atoms with Gasteiger partial charge in [0.25, 0.3) is 0 Å². The average Bonchev–Trinajstić information content (AvgIpc) is 2.13. The molecule has 0 aliphatic carbocycles. The van der Waals surface area contributed by atoms with Crippen molar-refractivity contribution in [3.05, 3.63) is 22.9 Å². The Kier molecular flexibility index (Phi) is 4.78. The lowest BCUT2D eigenvalue weighted by Gasteiger charge is -2.04. The first-order chi connectivity index (χ1) is 6.33. The Morgan fingerprint density at radius 2 is 2.23 bits per heavy atom. The summed E-state index contributed by atoms with van der Waals surface area (Å²) in [6.07, 6.45) is 5.35. The third-order valence-corrected chi connectivity index (χ3v) is 2.05. The Morgan fingerprint density at radius 1 is 1.38 bits per heavy atom. The maximum Gasteiger partial charge on any atom is 0.0538 e. The summed E-state index contributed by atoms with van der Waals surface area (Å²) in [5.74, 6) is 0. The van der Waals surface area contributed by atoms with Crippen LogP contribution in [0, 0.1) is 0 Å². The smallest absolute Gasteiger partial charge is 0.0538 e. The van der Waals surface area contributed by atoms with Crippen LogP contribution in [0.3, 0.4) is 0 Å². The van der Waals surface area contributed by atoms with Crippen molar-refractivity contribution in [2.24, 2.45) is 0 Å². The zero-order chi connectivity index (χ0) is 9.52. The van der Waals surface area contributed by atoms with Crippen LogP contribution in [0.1, 0.15) is 12.8 Å². The molecule has 3 nitrogen and oxygen atoms in total. The molecule has 0 saturated carbocycles. The number of aromatic nitrogens is 1. The largest absolute Gasteiger partial charge is 0.396 e. The molecule has 4 heteroatoms. The molecule has 0 unspecified atom stereocenters. The number of aliphatic hydroxyl groups excluding tert-OH is 1. The quantitative estimate of drug-likeness (QED) is 0.780. The Labute approximate surface area is 86.3 Å². The summed E-state index contributed by atoms with van der Waals surface area (Å²) in [6.45, 7) is 1.14. The molecule has 1 rings (SSSR count). The van der Waals surface area contributed by atoms with Gasteiger partial charge >= 0.3 is 0 Å². The fourth-order valence-electron chi connectivity index (χ4n) is 0.978. The Bertz CT molecular complexity index is 255. The highest BCUT2D eigenvalue weighted by Crippen LogP contribution is 2.13. The second-order valence-electron chi connectivity index (χ2n) is 2.75. The van der Waals surface area contributed by atoms with Crippen LogP contribution >= 0.6 is 15.9 Å². The molecule has 0 fully saturated rings. The second kappa shape index (κ2) is 5.94. The van der Waals surface area contributed by atoms with E-state index in [-0.39, 0.29) is 6.61 Å². The zero-order valence-electron chi connectivity index (χ0n) is 7.33. The van der Waals surface area contributed by atoms with Crippen LogP contribution in [0.2, 0.25) is 0 Å². The topological polar surface area (TPSA) is 45.1 Å². The van der Waals surface area contributed by atoms with Gasteiger partial charge in [-0.2, -0.15) is 0 Å². The van der Waals surface area contributed by atoms with Gasteiger partial charge in [0.05, 0.1) is 11.9 Å². The minimum Gasteiger partial charge on any atom is -0.396 e.